The molecule has 0 bridgehead atoms. The maximum absolute atomic E-state index is 12.2. The van der Waals surface area contributed by atoms with Crippen molar-refractivity contribution in [2.24, 2.45) is 5.14 Å². The lowest BCUT2D eigenvalue weighted by Crippen LogP contribution is -2.32. The van der Waals surface area contributed by atoms with Gasteiger partial charge in [-0.15, -0.1) is 11.3 Å². The molecule has 0 radical (unpaired) electrons. The Labute approximate surface area is 112 Å². The van der Waals surface area contributed by atoms with E-state index >= 15 is 0 Å². The summed E-state index contributed by atoms with van der Waals surface area (Å²) in [5.41, 5.74) is 0.394. The van der Waals surface area contributed by atoms with Crippen LogP contribution in [0.4, 0.5) is 0 Å². The molecule has 0 atom stereocenters. The summed E-state index contributed by atoms with van der Waals surface area (Å²) >= 11 is 0.978. The van der Waals surface area contributed by atoms with Gasteiger partial charge in [-0.1, -0.05) is 13.8 Å². The molecule has 0 aliphatic heterocycles. The lowest BCUT2D eigenvalue weighted by Gasteiger charge is -2.20. The average Bonchev–Trinajstić information content (AvgIpc) is 2.76. The molecule has 1 aromatic heterocycles. The molecule has 2 N–H and O–H groups in total. The second-order valence-electron chi connectivity index (χ2n) is 3.99. The fraction of sp³-hybridized carbons (Fsp3) is 0.545. The molecule has 1 rings (SSSR count). The minimum Gasteiger partial charge on any atom is -0.339 e. The Hall–Kier alpha value is -0.920. The Morgan fingerprint density at radius 3 is 2.28 bits per heavy atom. The first-order valence-electron chi connectivity index (χ1n) is 5.80. The first-order chi connectivity index (χ1) is 8.40. The highest BCUT2D eigenvalue weighted by Crippen LogP contribution is 2.20. The molecule has 7 heteroatoms. The van der Waals surface area contributed by atoms with Crippen molar-refractivity contribution in [1.82, 2.24) is 4.90 Å². The number of carbonyl (C=O) groups excluding carboxylic acids is 1. The summed E-state index contributed by atoms with van der Waals surface area (Å²) in [6.45, 7) is 5.35. The zero-order chi connectivity index (χ0) is 13.8. The molecule has 1 heterocycles. The number of thiophene rings is 1. The Morgan fingerprint density at radius 2 is 1.89 bits per heavy atom. The predicted octanol–water partition coefficient (Wildman–Crippen LogP) is 1.66. The normalized spacial score (nSPS) is 11.5. The van der Waals surface area contributed by atoms with Crippen LogP contribution in [-0.2, 0) is 10.0 Å². The highest BCUT2D eigenvalue weighted by atomic mass is 32.2. The van der Waals surface area contributed by atoms with E-state index in [0.29, 0.717) is 18.7 Å². The molecule has 1 amide bonds. The van der Waals surface area contributed by atoms with Gasteiger partial charge in [0.1, 0.15) is 4.21 Å². The van der Waals surface area contributed by atoms with Crippen molar-refractivity contribution in [2.75, 3.05) is 13.1 Å². The van der Waals surface area contributed by atoms with E-state index in [0.717, 1.165) is 24.2 Å². The van der Waals surface area contributed by atoms with Crippen molar-refractivity contribution < 1.29 is 13.2 Å². The van der Waals surface area contributed by atoms with E-state index in [4.69, 9.17) is 5.14 Å². The molecule has 0 saturated carbocycles. The molecule has 102 valence electrons. The van der Waals surface area contributed by atoms with Crippen LogP contribution >= 0.6 is 11.3 Å². The van der Waals surface area contributed by atoms with Crippen LogP contribution in [0.25, 0.3) is 0 Å². The van der Waals surface area contributed by atoms with Gasteiger partial charge in [0, 0.05) is 18.5 Å². The summed E-state index contributed by atoms with van der Waals surface area (Å²) in [7, 11) is -3.72. The second-order valence-corrected chi connectivity index (χ2v) is 6.69. The van der Waals surface area contributed by atoms with E-state index in [9.17, 15) is 13.2 Å². The maximum atomic E-state index is 12.2. The zero-order valence-corrected chi connectivity index (χ0v) is 12.2. The molecule has 0 aliphatic rings. The molecule has 0 fully saturated rings. The number of rotatable bonds is 6. The minimum absolute atomic E-state index is 0.0267. The van der Waals surface area contributed by atoms with Gasteiger partial charge in [-0.2, -0.15) is 0 Å². The molecule has 1 aromatic rings. The number of amides is 1. The van der Waals surface area contributed by atoms with Gasteiger partial charge in [0.05, 0.1) is 5.56 Å². The number of nitrogens with zero attached hydrogens (tertiary/aromatic N) is 1. The smallest absolute Gasteiger partial charge is 0.254 e. The molecule has 0 unspecified atom stereocenters. The van der Waals surface area contributed by atoms with Crippen LogP contribution in [0.15, 0.2) is 15.7 Å². The molecular weight excluding hydrogens is 272 g/mol. The van der Waals surface area contributed by atoms with Crippen LogP contribution in [0.1, 0.15) is 37.0 Å². The van der Waals surface area contributed by atoms with Crippen LogP contribution in [0.3, 0.4) is 0 Å². The van der Waals surface area contributed by atoms with Gasteiger partial charge < -0.3 is 4.90 Å². The summed E-state index contributed by atoms with van der Waals surface area (Å²) in [5.74, 6) is -0.134. The Morgan fingerprint density at radius 1 is 1.33 bits per heavy atom. The number of primary sulfonamides is 1. The van der Waals surface area contributed by atoms with Crippen LogP contribution in [-0.4, -0.2) is 32.3 Å². The minimum atomic E-state index is -3.72. The van der Waals surface area contributed by atoms with Crippen molar-refractivity contribution >= 4 is 27.3 Å². The van der Waals surface area contributed by atoms with Crippen molar-refractivity contribution in [3.63, 3.8) is 0 Å². The van der Waals surface area contributed by atoms with Gasteiger partial charge in [0.25, 0.3) is 5.91 Å². The monoisotopic (exact) mass is 290 g/mol. The summed E-state index contributed by atoms with van der Waals surface area (Å²) in [6, 6.07) is 1.35. The van der Waals surface area contributed by atoms with Gasteiger partial charge in [-0.05, 0) is 18.9 Å². The summed E-state index contributed by atoms with van der Waals surface area (Å²) in [4.78, 5) is 13.9. The van der Waals surface area contributed by atoms with Gasteiger partial charge in [0.15, 0.2) is 0 Å². The second kappa shape index (κ2) is 6.31. The Bertz CT molecular complexity index is 502. The highest BCUT2D eigenvalue weighted by molar-refractivity contribution is 7.91. The lowest BCUT2D eigenvalue weighted by atomic mass is 10.2. The first-order valence-corrected chi connectivity index (χ1v) is 8.23. The SMILES string of the molecule is CCCN(CCC)C(=O)c1csc(S(N)(=O)=O)c1. The van der Waals surface area contributed by atoms with Gasteiger partial charge >= 0.3 is 0 Å². The van der Waals surface area contributed by atoms with Crippen molar-refractivity contribution in [3.8, 4) is 0 Å². The summed E-state index contributed by atoms with van der Waals surface area (Å²) in [5, 5.41) is 6.56. The summed E-state index contributed by atoms with van der Waals surface area (Å²) in [6.07, 6.45) is 1.75. The molecule has 0 saturated heterocycles. The lowest BCUT2D eigenvalue weighted by molar-refractivity contribution is 0.0756. The average molecular weight is 290 g/mol. The number of carbonyl (C=O) groups is 1. The topological polar surface area (TPSA) is 80.5 Å². The summed E-state index contributed by atoms with van der Waals surface area (Å²) < 4.78 is 22.3. The molecule has 18 heavy (non-hydrogen) atoms. The van der Waals surface area contributed by atoms with Crippen LogP contribution in [0.2, 0.25) is 0 Å². The third-order valence-corrected chi connectivity index (χ3v) is 4.76. The first kappa shape index (κ1) is 15.1. The van der Waals surface area contributed by atoms with E-state index in [1.165, 1.54) is 6.07 Å². The third-order valence-electron chi connectivity index (χ3n) is 2.38. The van der Waals surface area contributed by atoms with E-state index in [-0.39, 0.29) is 10.1 Å². The largest absolute Gasteiger partial charge is 0.339 e. The standard InChI is InChI=1S/C11H18N2O3S2/c1-3-5-13(6-4-2)11(14)9-7-10(17-8-9)18(12,15)16/h7-8H,3-6H2,1-2H3,(H2,12,15,16). The van der Waals surface area contributed by atoms with Crippen LogP contribution in [0, 0.1) is 0 Å². The Kier molecular flexibility index (Phi) is 5.30. The van der Waals surface area contributed by atoms with E-state index < -0.39 is 10.0 Å². The number of nitrogens with two attached hydrogens (primary N) is 1. The van der Waals surface area contributed by atoms with E-state index in [1.54, 1.807) is 10.3 Å². The number of sulfonamides is 1. The number of hydrogen-bond acceptors (Lipinski definition) is 4. The van der Waals surface area contributed by atoms with Gasteiger partial charge in [0.2, 0.25) is 10.0 Å². The van der Waals surface area contributed by atoms with Crippen molar-refractivity contribution in [3.05, 3.63) is 17.0 Å². The van der Waals surface area contributed by atoms with Crippen LogP contribution in [0.5, 0.6) is 0 Å². The van der Waals surface area contributed by atoms with Crippen LogP contribution < -0.4 is 5.14 Å². The molecule has 0 aromatic carbocycles. The number of hydrogen-bond donors (Lipinski definition) is 1. The molecule has 0 aliphatic carbocycles. The Balaban J connectivity index is 2.92. The van der Waals surface area contributed by atoms with E-state index in [1.807, 2.05) is 13.8 Å². The maximum Gasteiger partial charge on any atom is 0.254 e. The predicted molar refractivity (Wildman–Crippen MR) is 72.2 cm³/mol. The van der Waals surface area contributed by atoms with Crippen molar-refractivity contribution in [2.45, 2.75) is 30.9 Å². The van der Waals surface area contributed by atoms with E-state index in [2.05, 4.69) is 0 Å². The fourth-order valence-electron chi connectivity index (χ4n) is 1.62. The third kappa shape index (κ3) is 3.79. The zero-order valence-electron chi connectivity index (χ0n) is 10.5. The molecular formula is C11H18N2O3S2. The molecule has 5 nitrogen and oxygen atoms in total. The fourth-order valence-corrected chi connectivity index (χ4v) is 3.19. The van der Waals surface area contributed by atoms with Gasteiger partial charge in [-0.3, -0.25) is 4.79 Å². The molecule has 0 spiro atoms. The van der Waals surface area contributed by atoms with Gasteiger partial charge in [-0.25, -0.2) is 13.6 Å². The quantitative estimate of drug-likeness (QED) is 0.865. The van der Waals surface area contributed by atoms with Crippen molar-refractivity contribution in [1.29, 1.82) is 0 Å². The highest BCUT2D eigenvalue weighted by Gasteiger charge is 2.19.